The summed E-state index contributed by atoms with van der Waals surface area (Å²) in [6.07, 6.45) is 3.53. The largest absolute Gasteiger partial charge is 0.497 e. The number of piperidine rings is 1. The molecule has 1 aliphatic rings. The summed E-state index contributed by atoms with van der Waals surface area (Å²) in [6, 6.07) is 13.9. The van der Waals surface area contributed by atoms with Crippen LogP contribution in [0.3, 0.4) is 0 Å². The van der Waals surface area contributed by atoms with Crippen molar-refractivity contribution in [2.24, 2.45) is 0 Å². The number of likely N-dealkylation sites (tertiary alicyclic amines) is 1. The normalized spacial score (nSPS) is 13.2. The molecular formula is C30H33BrCl2FN5O3S2. The van der Waals surface area contributed by atoms with E-state index in [0.29, 0.717) is 39.4 Å². The summed E-state index contributed by atoms with van der Waals surface area (Å²) in [5.41, 5.74) is 1.01. The lowest BCUT2D eigenvalue weighted by Crippen LogP contribution is -2.42. The van der Waals surface area contributed by atoms with E-state index in [1.54, 1.807) is 19.4 Å². The van der Waals surface area contributed by atoms with Gasteiger partial charge in [-0.2, -0.15) is 0 Å². The number of aromatic nitrogens is 2. The summed E-state index contributed by atoms with van der Waals surface area (Å²) in [6.45, 7) is 1.89. The van der Waals surface area contributed by atoms with Crippen LogP contribution in [-0.4, -0.2) is 66.5 Å². The molecule has 236 valence electrons. The summed E-state index contributed by atoms with van der Waals surface area (Å²) >= 11 is 6.42. The zero-order valence-electron chi connectivity index (χ0n) is 24.3. The van der Waals surface area contributed by atoms with Crippen molar-refractivity contribution in [2.45, 2.75) is 28.6 Å². The zero-order valence-corrected chi connectivity index (χ0v) is 29.1. The molecule has 4 aromatic rings. The van der Waals surface area contributed by atoms with Gasteiger partial charge >= 0.3 is 0 Å². The quantitative estimate of drug-likeness (QED) is 0.174. The van der Waals surface area contributed by atoms with Crippen molar-refractivity contribution in [3.63, 3.8) is 0 Å². The third kappa shape index (κ3) is 9.45. The van der Waals surface area contributed by atoms with Crippen LogP contribution in [0.5, 0.6) is 17.2 Å². The molecule has 1 aliphatic heterocycles. The van der Waals surface area contributed by atoms with Crippen LogP contribution in [0.25, 0.3) is 0 Å². The third-order valence-corrected chi connectivity index (χ3v) is 9.03. The Bertz CT molecular complexity index is 1560. The Kier molecular flexibility index (Phi) is 13.6. The number of nitrogens with one attached hydrogen (secondary N) is 1. The van der Waals surface area contributed by atoms with E-state index in [9.17, 15) is 9.18 Å². The monoisotopic (exact) mass is 743 g/mol. The molecule has 0 radical (unpaired) electrons. The molecular weight excluding hydrogens is 712 g/mol. The Balaban J connectivity index is 0.00000264. The van der Waals surface area contributed by atoms with E-state index in [1.807, 2.05) is 54.2 Å². The van der Waals surface area contributed by atoms with E-state index in [1.165, 1.54) is 35.2 Å². The van der Waals surface area contributed by atoms with Gasteiger partial charge in [0, 0.05) is 46.4 Å². The number of amides is 1. The van der Waals surface area contributed by atoms with Gasteiger partial charge in [-0.05, 0) is 79.3 Å². The Morgan fingerprint density at radius 2 is 1.91 bits per heavy atom. The highest BCUT2D eigenvalue weighted by atomic mass is 79.9. The summed E-state index contributed by atoms with van der Waals surface area (Å²) < 4.78 is 25.8. The van der Waals surface area contributed by atoms with Crippen LogP contribution in [0.4, 0.5) is 15.3 Å². The average molecular weight is 746 g/mol. The minimum atomic E-state index is -0.365. The van der Waals surface area contributed by atoms with E-state index in [0.717, 1.165) is 47.2 Å². The van der Waals surface area contributed by atoms with Crippen LogP contribution < -0.4 is 14.8 Å². The maximum atomic E-state index is 13.7. The number of hydrogen-bond donors (Lipinski definition) is 1. The van der Waals surface area contributed by atoms with Crippen LogP contribution in [-0.2, 0) is 4.79 Å². The number of hydrogen-bond acceptors (Lipinski definition) is 9. The molecule has 1 amide bonds. The molecule has 44 heavy (non-hydrogen) atoms. The molecule has 1 N–H and O–H groups in total. The molecule has 0 aliphatic carbocycles. The average Bonchev–Trinajstić information content (AvgIpc) is 3.44. The molecule has 0 saturated carbocycles. The smallest absolute Gasteiger partial charge is 0.236 e. The molecule has 0 atom stereocenters. The molecule has 14 heteroatoms. The topological polar surface area (TPSA) is 79.8 Å². The minimum absolute atomic E-state index is 0. The number of carbonyl (C=O) groups is 1. The lowest BCUT2D eigenvalue weighted by Gasteiger charge is -2.32. The van der Waals surface area contributed by atoms with Gasteiger partial charge in [-0.1, -0.05) is 17.8 Å². The van der Waals surface area contributed by atoms with Crippen molar-refractivity contribution in [3.05, 3.63) is 76.1 Å². The van der Waals surface area contributed by atoms with Crippen molar-refractivity contribution in [1.82, 2.24) is 19.8 Å². The van der Waals surface area contributed by atoms with Crippen LogP contribution in [0.2, 0.25) is 0 Å². The van der Waals surface area contributed by atoms with Gasteiger partial charge in [0.1, 0.15) is 17.3 Å². The Morgan fingerprint density at radius 3 is 2.61 bits per heavy atom. The van der Waals surface area contributed by atoms with Gasteiger partial charge in [0.2, 0.25) is 5.91 Å². The van der Waals surface area contributed by atoms with Gasteiger partial charge in [0.05, 0.1) is 23.8 Å². The number of ether oxygens (including phenoxy) is 2. The van der Waals surface area contributed by atoms with Gasteiger partial charge in [-0.3, -0.25) is 4.79 Å². The summed E-state index contributed by atoms with van der Waals surface area (Å²) in [5.74, 6) is 2.28. The number of carbonyl (C=O) groups excluding carboxylic acids is 1. The Morgan fingerprint density at radius 1 is 1.14 bits per heavy atom. The molecule has 8 nitrogen and oxygen atoms in total. The Hall–Kier alpha value is -2.61. The number of benzene rings is 2. The molecule has 2 aromatic heterocycles. The van der Waals surface area contributed by atoms with Crippen molar-refractivity contribution in [2.75, 3.05) is 46.2 Å². The first-order valence-corrected chi connectivity index (χ1v) is 15.9. The molecule has 2 aromatic carbocycles. The molecule has 0 spiro atoms. The predicted molar refractivity (Wildman–Crippen MR) is 183 cm³/mol. The highest BCUT2D eigenvalue weighted by Gasteiger charge is 2.26. The molecule has 1 fully saturated rings. The van der Waals surface area contributed by atoms with E-state index < -0.39 is 0 Å². The van der Waals surface area contributed by atoms with Gasteiger partial charge in [-0.25, -0.2) is 14.4 Å². The number of halogens is 4. The van der Waals surface area contributed by atoms with Gasteiger partial charge in [-0.15, -0.1) is 36.2 Å². The fourth-order valence-corrected chi connectivity index (χ4v) is 6.65. The number of likely N-dealkylation sites (N-methyl/N-ethyl adjacent to an activating group) is 1. The molecule has 1 saturated heterocycles. The highest BCUT2D eigenvalue weighted by Crippen LogP contribution is 2.39. The van der Waals surface area contributed by atoms with Crippen LogP contribution in [0, 0.1) is 5.82 Å². The molecule has 0 bridgehead atoms. The number of nitrogens with zero attached hydrogens (tertiary/aromatic N) is 4. The second-order valence-corrected chi connectivity index (χ2v) is 12.9. The summed E-state index contributed by atoms with van der Waals surface area (Å²) in [5, 5.41) is 6.08. The maximum Gasteiger partial charge on any atom is 0.236 e. The third-order valence-electron chi connectivity index (χ3n) is 6.68. The standard InChI is InChI=1S/C30H31BrFN5O3S2.2ClH/c1-36(2)17-28(38)37-11-9-19(10-12-37)25-18-41-30(34-25)35-29-27(40-26-8-7-20(32)13-24(26)31)15-23(16-33-29)42-22-6-4-5-21(14-22)39-3;;/h4-8,13-16,18-19H,9-12,17H2,1-3H3,(H,33,34,35);2*1H. The highest BCUT2D eigenvalue weighted by molar-refractivity contribution is 9.10. The van der Waals surface area contributed by atoms with Crippen molar-refractivity contribution in [1.29, 1.82) is 0 Å². The fraction of sp³-hybridized carbons (Fsp3) is 0.300. The lowest BCUT2D eigenvalue weighted by molar-refractivity contribution is -0.132. The number of methoxy groups -OCH3 is 1. The molecule has 5 rings (SSSR count). The first-order valence-electron chi connectivity index (χ1n) is 13.4. The van der Waals surface area contributed by atoms with Crippen LogP contribution in [0.15, 0.2) is 74.4 Å². The number of pyridine rings is 1. The van der Waals surface area contributed by atoms with E-state index in [4.69, 9.17) is 14.5 Å². The molecule has 0 unspecified atom stereocenters. The SMILES string of the molecule is COc1cccc(Sc2cnc(Nc3nc(C4CCN(C(=O)CN(C)C)CC4)cs3)c(Oc3ccc(F)cc3Br)c2)c1.Cl.Cl. The first-order chi connectivity index (χ1) is 20.3. The van der Waals surface area contributed by atoms with Crippen LogP contribution in [0.1, 0.15) is 24.5 Å². The fourth-order valence-electron chi connectivity index (χ4n) is 4.56. The Labute approximate surface area is 285 Å². The van der Waals surface area contributed by atoms with Gasteiger partial charge in [0.15, 0.2) is 16.7 Å². The number of rotatable bonds is 10. The summed E-state index contributed by atoms with van der Waals surface area (Å²) in [4.78, 5) is 27.6. The summed E-state index contributed by atoms with van der Waals surface area (Å²) in [7, 11) is 5.45. The van der Waals surface area contributed by atoms with Gasteiger partial charge < -0.3 is 24.6 Å². The number of thiazole rings is 1. The van der Waals surface area contributed by atoms with Crippen molar-refractivity contribution >= 4 is 80.7 Å². The minimum Gasteiger partial charge on any atom is -0.497 e. The van der Waals surface area contributed by atoms with E-state index >= 15 is 0 Å². The molecule has 3 heterocycles. The predicted octanol–water partition coefficient (Wildman–Crippen LogP) is 8.25. The second-order valence-electron chi connectivity index (χ2n) is 10.1. The zero-order chi connectivity index (χ0) is 29.6. The van der Waals surface area contributed by atoms with Crippen molar-refractivity contribution < 1.29 is 18.7 Å². The van der Waals surface area contributed by atoms with Crippen molar-refractivity contribution in [3.8, 4) is 17.2 Å². The first kappa shape index (κ1) is 35.9. The van der Waals surface area contributed by atoms with E-state index in [2.05, 4.69) is 31.6 Å². The second kappa shape index (κ2) is 16.6. The maximum absolute atomic E-state index is 13.7. The lowest BCUT2D eigenvalue weighted by atomic mass is 9.94. The van der Waals surface area contributed by atoms with E-state index in [-0.39, 0.29) is 36.5 Å². The van der Waals surface area contributed by atoms with Crippen LogP contribution >= 0.6 is 63.8 Å². The number of anilines is 2. The van der Waals surface area contributed by atoms with Gasteiger partial charge in [0.25, 0.3) is 0 Å².